The van der Waals surface area contributed by atoms with Crippen LogP contribution in [-0.4, -0.2) is 33.6 Å². The van der Waals surface area contributed by atoms with Crippen molar-refractivity contribution >= 4 is 24.0 Å². The maximum atomic E-state index is 10.6. The smallest absolute Gasteiger partial charge is 0.323 e. The van der Waals surface area contributed by atoms with Crippen molar-refractivity contribution in [3.8, 4) is 0 Å². The molecule has 0 aromatic carbocycles. The third-order valence-corrected chi connectivity index (χ3v) is 1.02. The van der Waals surface area contributed by atoms with E-state index in [4.69, 9.17) is 11.1 Å². The third kappa shape index (κ3) is 4.93. The highest BCUT2D eigenvalue weighted by Gasteiger charge is 2.08. The summed E-state index contributed by atoms with van der Waals surface area (Å²) >= 11 is 0. The predicted octanol–water partition coefficient (Wildman–Crippen LogP) is -0.494. The highest BCUT2D eigenvalue weighted by Crippen LogP contribution is 1.88. The number of ketones is 2. The summed E-state index contributed by atoms with van der Waals surface area (Å²) in [5.41, 5.74) is 15.8. The van der Waals surface area contributed by atoms with E-state index in [-0.39, 0.29) is 12.8 Å². The Kier molecular flexibility index (Phi) is 4.93. The van der Waals surface area contributed by atoms with Crippen LogP contribution in [0.5, 0.6) is 0 Å². The molecule has 0 aromatic heterocycles. The summed E-state index contributed by atoms with van der Waals surface area (Å²) in [5, 5.41) is 0. The van der Waals surface area contributed by atoms with E-state index >= 15 is 0 Å². The lowest BCUT2D eigenvalue weighted by atomic mass is 10.2. The van der Waals surface area contributed by atoms with E-state index in [9.17, 15) is 9.59 Å². The zero-order chi connectivity index (χ0) is 9.40. The summed E-state index contributed by atoms with van der Waals surface area (Å²) in [5.74, 6) is -0.922. The summed E-state index contributed by atoms with van der Waals surface area (Å²) in [6, 6.07) is 0. The molecule has 6 nitrogen and oxygen atoms in total. The molecular weight excluding hydrogens is 160 g/mol. The van der Waals surface area contributed by atoms with E-state index in [0.717, 1.165) is 0 Å². The van der Waals surface area contributed by atoms with Gasteiger partial charge in [0.25, 0.3) is 0 Å². The standard InChI is InChI=1S/C6H6N4O2/c7-9-3-5(11)1-2-6(12)4-10-8/h3-4H,1-2H2. The molecule has 0 aliphatic heterocycles. The summed E-state index contributed by atoms with van der Waals surface area (Å²) in [7, 11) is 0. The van der Waals surface area contributed by atoms with Crippen LogP contribution in [0.1, 0.15) is 12.8 Å². The zero-order valence-corrected chi connectivity index (χ0v) is 6.17. The van der Waals surface area contributed by atoms with Crippen LogP contribution in [0.15, 0.2) is 0 Å². The third-order valence-electron chi connectivity index (χ3n) is 1.02. The Bertz CT molecular complexity index is 254. The molecule has 0 unspecified atom stereocenters. The zero-order valence-electron chi connectivity index (χ0n) is 6.17. The SMILES string of the molecule is [N-]=[N+]=CC(=O)CCC(=O)C=[N+]=[N-]. The fourth-order valence-electron chi connectivity index (χ4n) is 0.504. The Morgan fingerprint density at radius 3 is 1.58 bits per heavy atom. The number of rotatable bonds is 5. The van der Waals surface area contributed by atoms with Crippen molar-refractivity contribution in [3.63, 3.8) is 0 Å². The van der Waals surface area contributed by atoms with Crippen molar-refractivity contribution in [2.45, 2.75) is 12.8 Å². The number of Topliss-reactive ketones (excluding diaryl/α,β-unsaturated/α-hetero) is 2. The van der Waals surface area contributed by atoms with Crippen LogP contribution in [-0.2, 0) is 9.59 Å². The number of nitrogens with zero attached hydrogens (tertiary/aromatic N) is 4. The van der Waals surface area contributed by atoms with Gasteiger partial charge in [0.1, 0.15) is 0 Å². The Hall–Kier alpha value is -1.90. The quantitative estimate of drug-likeness (QED) is 0.312. The van der Waals surface area contributed by atoms with Gasteiger partial charge in [-0.1, -0.05) is 0 Å². The van der Waals surface area contributed by atoms with Gasteiger partial charge in [-0.05, 0) is 0 Å². The van der Waals surface area contributed by atoms with Gasteiger partial charge in [-0.25, -0.2) is 0 Å². The second kappa shape index (κ2) is 5.85. The first-order valence-electron chi connectivity index (χ1n) is 3.11. The fourth-order valence-corrected chi connectivity index (χ4v) is 0.504. The topological polar surface area (TPSA) is 107 Å². The minimum Gasteiger partial charge on any atom is -0.361 e. The summed E-state index contributed by atoms with van der Waals surface area (Å²) < 4.78 is 0. The maximum absolute atomic E-state index is 10.6. The molecule has 62 valence electrons. The molecule has 0 heterocycles. The first-order valence-corrected chi connectivity index (χ1v) is 3.11. The molecule has 0 aliphatic rings. The molecule has 0 amide bonds. The van der Waals surface area contributed by atoms with Gasteiger partial charge in [0.15, 0.2) is 0 Å². The van der Waals surface area contributed by atoms with Gasteiger partial charge in [-0.3, -0.25) is 9.59 Å². The predicted molar refractivity (Wildman–Crippen MR) is 38.6 cm³/mol. The normalized spacial score (nSPS) is 7.67. The van der Waals surface area contributed by atoms with Crippen LogP contribution < -0.4 is 0 Å². The summed E-state index contributed by atoms with van der Waals surface area (Å²) in [4.78, 5) is 26.1. The lowest BCUT2D eigenvalue weighted by Gasteiger charge is -1.83. The molecular formula is C6H6N4O2. The molecule has 0 N–H and O–H groups in total. The fraction of sp³-hybridized carbons (Fsp3) is 0.333. The number of hydrogen-bond donors (Lipinski definition) is 0. The molecule has 0 radical (unpaired) electrons. The Balaban J connectivity index is 3.83. The second-order valence-corrected chi connectivity index (χ2v) is 1.92. The average molecular weight is 166 g/mol. The van der Waals surface area contributed by atoms with Crippen molar-refractivity contribution in [1.82, 2.24) is 0 Å². The molecule has 0 spiro atoms. The molecule has 12 heavy (non-hydrogen) atoms. The monoisotopic (exact) mass is 166 g/mol. The van der Waals surface area contributed by atoms with Crippen LogP contribution in [0.2, 0.25) is 0 Å². The van der Waals surface area contributed by atoms with Crippen molar-refractivity contribution < 1.29 is 19.2 Å². The number of hydrogen-bond acceptors (Lipinski definition) is 2. The molecule has 0 saturated heterocycles. The van der Waals surface area contributed by atoms with Crippen LogP contribution >= 0.6 is 0 Å². The minimum atomic E-state index is -0.461. The van der Waals surface area contributed by atoms with Crippen molar-refractivity contribution in [2.75, 3.05) is 0 Å². The van der Waals surface area contributed by atoms with E-state index in [1.54, 1.807) is 0 Å². The van der Waals surface area contributed by atoms with Crippen molar-refractivity contribution in [2.24, 2.45) is 0 Å². The maximum Gasteiger partial charge on any atom is 0.323 e. The molecule has 0 rings (SSSR count). The Labute approximate surface area is 68.1 Å². The average Bonchev–Trinajstić information content (AvgIpc) is 2.02. The van der Waals surface area contributed by atoms with Crippen molar-refractivity contribution in [3.05, 3.63) is 11.1 Å². The second-order valence-electron chi connectivity index (χ2n) is 1.92. The molecule has 0 aliphatic carbocycles. The van der Waals surface area contributed by atoms with Gasteiger partial charge >= 0.3 is 12.4 Å². The first-order chi connectivity index (χ1) is 5.70. The molecule has 0 aromatic rings. The van der Waals surface area contributed by atoms with Gasteiger partial charge in [0, 0.05) is 12.8 Å². The summed E-state index contributed by atoms with van der Waals surface area (Å²) in [6.07, 6.45) is 1.30. The summed E-state index contributed by atoms with van der Waals surface area (Å²) in [6.45, 7) is 0. The lowest BCUT2D eigenvalue weighted by Crippen LogP contribution is -2.06. The molecule has 0 bridgehead atoms. The van der Waals surface area contributed by atoms with Crippen LogP contribution in [0, 0.1) is 0 Å². The molecule has 0 saturated carbocycles. The minimum absolute atomic E-state index is 0.0606. The van der Waals surface area contributed by atoms with Crippen LogP contribution in [0.4, 0.5) is 0 Å². The Morgan fingerprint density at radius 1 is 1.00 bits per heavy atom. The van der Waals surface area contributed by atoms with E-state index in [0.29, 0.717) is 12.4 Å². The molecule has 6 heteroatoms. The number of carbonyl (C=O) groups is 2. The largest absolute Gasteiger partial charge is 0.361 e. The van der Waals surface area contributed by atoms with E-state index in [1.807, 2.05) is 0 Å². The molecule has 0 fully saturated rings. The van der Waals surface area contributed by atoms with Crippen LogP contribution in [0.3, 0.4) is 0 Å². The van der Waals surface area contributed by atoms with Gasteiger partial charge < -0.3 is 11.1 Å². The van der Waals surface area contributed by atoms with Gasteiger partial charge in [-0.15, -0.1) is 0 Å². The van der Waals surface area contributed by atoms with Gasteiger partial charge in [0.05, 0.1) is 0 Å². The van der Waals surface area contributed by atoms with Gasteiger partial charge in [-0.2, -0.15) is 9.58 Å². The van der Waals surface area contributed by atoms with E-state index in [1.165, 1.54) is 0 Å². The van der Waals surface area contributed by atoms with E-state index in [2.05, 4.69) is 9.58 Å². The highest BCUT2D eigenvalue weighted by atomic mass is 16.1. The van der Waals surface area contributed by atoms with E-state index < -0.39 is 11.6 Å². The first kappa shape index (κ1) is 10.1. The highest BCUT2D eigenvalue weighted by molar-refractivity contribution is 6.29. The number of carbonyl (C=O) groups excluding carboxylic acids is 2. The molecule has 0 atom stereocenters. The lowest BCUT2D eigenvalue weighted by molar-refractivity contribution is -0.120. The van der Waals surface area contributed by atoms with Crippen LogP contribution in [0.25, 0.3) is 11.1 Å². The van der Waals surface area contributed by atoms with Crippen molar-refractivity contribution in [1.29, 1.82) is 0 Å². The Morgan fingerprint density at radius 2 is 1.33 bits per heavy atom. The van der Waals surface area contributed by atoms with Gasteiger partial charge in [0.2, 0.25) is 11.6 Å².